The van der Waals surface area contributed by atoms with E-state index in [-0.39, 0.29) is 0 Å². The summed E-state index contributed by atoms with van der Waals surface area (Å²) in [5.74, 6) is 2.51. The molecule has 0 saturated heterocycles. The van der Waals surface area contributed by atoms with E-state index in [0.717, 1.165) is 55.8 Å². The largest absolute Gasteiger partial charge is 0.487 e. The fourth-order valence-corrected chi connectivity index (χ4v) is 3.87. The van der Waals surface area contributed by atoms with Gasteiger partial charge in [0.05, 0.1) is 11.2 Å². The number of nitrogens with two attached hydrogens (primary N) is 1. The number of nitrogens with one attached hydrogen (secondary N) is 1. The molecule has 0 saturated carbocycles. The molecule has 0 unspecified atom stereocenters. The zero-order valence-corrected chi connectivity index (χ0v) is 17.7. The number of ether oxygens (including phenoxy) is 1. The van der Waals surface area contributed by atoms with E-state index >= 15 is 0 Å². The van der Waals surface area contributed by atoms with Crippen LogP contribution in [0.4, 0.5) is 17.2 Å². The summed E-state index contributed by atoms with van der Waals surface area (Å²) in [7, 11) is 0. The van der Waals surface area contributed by atoms with Crippen molar-refractivity contribution in [1.29, 1.82) is 0 Å². The lowest BCUT2D eigenvalue weighted by molar-refractivity contribution is 0.299. The summed E-state index contributed by atoms with van der Waals surface area (Å²) in [4.78, 5) is 14.2. The second-order valence-corrected chi connectivity index (χ2v) is 8.08. The van der Waals surface area contributed by atoms with Crippen molar-refractivity contribution in [2.24, 2.45) is 0 Å². The first kappa shape index (κ1) is 20.0. The fourth-order valence-electron chi connectivity index (χ4n) is 3.14. The van der Waals surface area contributed by atoms with Gasteiger partial charge < -0.3 is 15.8 Å². The van der Waals surface area contributed by atoms with Crippen LogP contribution in [0.15, 0.2) is 66.0 Å². The number of aromatic nitrogens is 3. The topological polar surface area (TPSA) is 86.0 Å². The third-order valence-corrected chi connectivity index (χ3v) is 5.56. The molecule has 0 aliphatic heterocycles. The van der Waals surface area contributed by atoms with Crippen molar-refractivity contribution < 1.29 is 4.74 Å². The molecule has 3 N–H and O–H groups in total. The lowest BCUT2D eigenvalue weighted by Gasteiger charge is -2.13. The van der Waals surface area contributed by atoms with Gasteiger partial charge in [-0.15, -0.1) is 11.8 Å². The predicted octanol–water partition coefficient (Wildman–Crippen LogP) is 5.35. The molecule has 2 heterocycles. The lowest BCUT2D eigenvalue weighted by atomic mass is 10.1. The van der Waals surface area contributed by atoms with E-state index in [2.05, 4.69) is 27.2 Å². The molecule has 6 nitrogen and oxygen atoms in total. The normalized spacial score (nSPS) is 10.9. The molecule has 0 amide bonds. The van der Waals surface area contributed by atoms with Crippen LogP contribution in [0.3, 0.4) is 0 Å². The average Bonchev–Trinajstić information content (AvgIpc) is 2.75. The van der Waals surface area contributed by atoms with Crippen LogP contribution in [0.1, 0.15) is 18.2 Å². The van der Waals surface area contributed by atoms with Gasteiger partial charge in [0.1, 0.15) is 24.5 Å². The maximum Gasteiger partial charge on any atom is 0.141 e. The van der Waals surface area contributed by atoms with Crippen molar-refractivity contribution in [1.82, 2.24) is 15.0 Å². The minimum Gasteiger partial charge on any atom is -0.487 e. The maximum absolute atomic E-state index is 6.23. The van der Waals surface area contributed by atoms with Crippen LogP contribution in [-0.4, -0.2) is 20.7 Å². The highest BCUT2D eigenvalue weighted by molar-refractivity contribution is 7.99. The average molecular weight is 418 g/mol. The van der Waals surface area contributed by atoms with Crippen LogP contribution in [0.5, 0.6) is 5.75 Å². The molecule has 152 valence electrons. The van der Waals surface area contributed by atoms with Crippen LogP contribution >= 0.6 is 11.8 Å². The van der Waals surface area contributed by atoms with Gasteiger partial charge in [0.25, 0.3) is 0 Å². The summed E-state index contributed by atoms with van der Waals surface area (Å²) >= 11 is 1.71. The molecule has 0 fully saturated rings. The first-order valence-corrected chi connectivity index (χ1v) is 10.7. The number of fused-ring (bicyclic) bond motifs is 1. The summed E-state index contributed by atoms with van der Waals surface area (Å²) in [6, 6.07) is 15.7. The van der Waals surface area contributed by atoms with Crippen LogP contribution in [0.25, 0.3) is 10.9 Å². The second kappa shape index (κ2) is 9.00. The lowest BCUT2D eigenvalue weighted by Crippen LogP contribution is -2.01. The summed E-state index contributed by atoms with van der Waals surface area (Å²) in [6.07, 6.45) is 3.33. The number of hydrogen-bond acceptors (Lipinski definition) is 7. The van der Waals surface area contributed by atoms with Crippen molar-refractivity contribution >= 4 is 39.9 Å². The third kappa shape index (κ3) is 4.46. The molecule has 2 aromatic carbocycles. The van der Waals surface area contributed by atoms with E-state index in [1.807, 2.05) is 55.5 Å². The SMILES string of the molecule is CCSc1cc2ncnc(Nc3ccc(OCc4ccccn4)c(C)c3)c2cc1N. The molecule has 0 radical (unpaired) electrons. The highest BCUT2D eigenvalue weighted by Gasteiger charge is 2.10. The maximum atomic E-state index is 6.23. The first-order valence-electron chi connectivity index (χ1n) is 9.71. The molecule has 2 aromatic heterocycles. The zero-order chi connectivity index (χ0) is 20.9. The second-order valence-electron chi connectivity index (χ2n) is 6.78. The number of anilines is 3. The van der Waals surface area contributed by atoms with Crippen LogP contribution in [0.2, 0.25) is 0 Å². The van der Waals surface area contributed by atoms with Crippen molar-refractivity contribution in [2.75, 3.05) is 16.8 Å². The summed E-state index contributed by atoms with van der Waals surface area (Å²) in [6.45, 7) is 4.55. The molecular formula is C23H23N5OS. The molecule has 0 bridgehead atoms. The summed E-state index contributed by atoms with van der Waals surface area (Å²) in [5, 5.41) is 4.28. The van der Waals surface area contributed by atoms with Gasteiger partial charge in [0, 0.05) is 27.9 Å². The van der Waals surface area contributed by atoms with E-state index in [1.54, 1.807) is 24.3 Å². The Morgan fingerprint density at radius 1 is 1.07 bits per heavy atom. The Hall–Kier alpha value is -3.32. The van der Waals surface area contributed by atoms with Crippen molar-refractivity contribution in [3.63, 3.8) is 0 Å². The number of rotatable bonds is 7. The standard InChI is InChI=1S/C23H23N5OS/c1-3-30-22-12-20-18(11-19(22)24)23(27-14-26-20)28-16-7-8-21(15(2)10-16)29-13-17-6-4-5-9-25-17/h4-12,14H,3,13,24H2,1-2H3,(H,26,27,28). The number of hydrogen-bond donors (Lipinski definition) is 2. The van der Waals surface area contributed by atoms with Crippen molar-refractivity contribution in [2.45, 2.75) is 25.3 Å². The number of nitrogens with zero attached hydrogens (tertiary/aromatic N) is 3. The molecule has 0 spiro atoms. The van der Waals surface area contributed by atoms with Gasteiger partial charge in [0.2, 0.25) is 0 Å². The Labute approximate surface area is 179 Å². The Balaban J connectivity index is 1.55. The van der Waals surface area contributed by atoms with E-state index in [9.17, 15) is 0 Å². The molecule has 0 atom stereocenters. The highest BCUT2D eigenvalue weighted by Crippen LogP contribution is 2.33. The Kier molecular flexibility index (Phi) is 5.99. The number of aryl methyl sites for hydroxylation is 1. The van der Waals surface area contributed by atoms with Crippen molar-refractivity contribution in [3.8, 4) is 5.75 Å². The number of pyridine rings is 1. The molecule has 0 aliphatic carbocycles. The van der Waals surface area contributed by atoms with Gasteiger partial charge in [-0.1, -0.05) is 13.0 Å². The quantitative estimate of drug-likeness (QED) is 0.310. The van der Waals surface area contributed by atoms with Crippen LogP contribution < -0.4 is 15.8 Å². The Bertz CT molecular complexity index is 1170. The zero-order valence-electron chi connectivity index (χ0n) is 16.9. The third-order valence-electron chi connectivity index (χ3n) is 4.61. The minimum atomic E-state index is 0.433. The molecular weight excluding hydrogens is 394 g/mol. The molecule has 7 heteroatoms. The smallest absolute Gasteiger partial charge is 0.141 e. The van der Waals surface area contributed by atoms with Gasteiger partial charge in [-0.2, -0.15) is 0 Å². The van der Waals surface area contributed by atoms with Crippen LogP contribution in [0, 0.1) is 6.92 Å². The Morgan fingerprint density at radius 2 is 1.97 bits per heavy atom. The minimum absolute atomic E-state index is 0.433. The highest BCUT2D eigenvalue weighted by atomic mass is 32.2. The van der Waals surface area contributed by atoms with E-state index in [0.29, 0.717) is 6.61 Å². The van der Waals surface area contributed by atoms with Gasteiger partial charge >= 0.3 is 0 Å². The van der Waals surface area contributed by atoms with Gasteiger partial charge in [-0.05, 0) is 60.7 Å². The summed E-state index contributed by atoms with van der Waals surface area (Å²) in [5.41, 5.74) is 10.7. The van der Waals surface area contributed by atoms with Crippen LogP contribution in [-0.2, 0) is 6.61 Å². The van der Waals surface area contributed by atoms with Gasteiger partial charge in [0.15, 0.2) is 0 Å². The van der Waals surface area contributed by atoms with Gasteiger partial charge in [-0.25, -0.2) is 9.97 Å². The van der Waals surface area contributed by atoms with E-state index in [1.165, 1.54) is 0 Å². The van der Waals surface area contributed by atoms with E-state index in [4.69, 9.17) is 10.5 Å². The van der Waals surface area contributed by atoms with Gasteiger partial charge in [-0.3, -0.25) is 4.98 Å². The number of nitrogen functional groups attached to an aromatic ring is 1. The van der Waals surface area contributed by atoms with E-state index < -0.39 is 0 Å². The number of benzene rings is 2. The predicted molar refractivity (Wildman–Crippen MR) is 123 cm³/mol. The van der Waals surface area contributed by atoms with Crippen molar-refractivity contribution in [3.05, 3.63) is 72.3 Å². The first-order chi connectivity index (χ1) is 14.6. The molecule has 4 rings (SSSR count). The Morgan fingerprint density at radius 3 is 2.73 bits per heavy atom. The number of thioether (sulfide) groups is 1. The fraction of sp³-hybridized carbons (Fsp3) is 0.174. The molecule has 4 aromatic rings. The monoisotopic (exact) mass is 417 g/mol. The molecule has 0 aliphatic rings. The molecule has 30 heavy (non-hydrogen) atoms. The summed E-state index contributed by atoms with van der Waals surface area (Å²) < 4.78 is 5.92.